The van der Waals surface area contributed by atoms with Crippen molar-refractivity contribution in [3.63, 3.8) is 0 Å². The number of hydrogen-bond donors (Lipinski definition) is 2. The second-order valence-corrected chi connectivity index (χ2v) is 7.21. The molecule has 0 saturated heterocycles. The number of aryl methyl sites for hydroxylation is 2. The molecule has 0 spiro atoms. The molecule has 0 saturated carbocycles. The Balaban J connectivity index is 1.86. The Morgan fingerprint density at radius 3 is 2.33 bits per heavy atom. The third-order valence-corrected chi connectivity index (χ3v) is 5.75. The third-order valence-electron chi connectivity index (χ3n) is 4.11. The number of phenols is 1. The molecule has 0 bridgehead atoms. The van der Waals surface area contributed by atoms with Gasteiger partial charge in [-0.15, -0.1) is 0 Å². The fraction of sp³-hybridized carbons (Fsp3) is 0.143. The van der Waals surface area contributed by atoms with Crippen molar-refractivity contribution in [3.8, 4) is 5.75 Å². The predicted molar refractivity (Wildman–Crippen MR) is 105 cm³/mol. The molecule has 1 unspecified atom stereocenters. The van der Waals surface area contributed by atoms with E-state index >= 15 is 0 Å². The van der Waals surface area contributed by atoms with Crippen LogP contribution in [0.15, 0.2) is 66.7 Å². The second kappa shape index (κ2) is 7.51. The molecule has 2 N–H and O–H groups in total. The van der Waals surface area contributed by atoms with Crippen LogP contribution in [0.4, 0.5) is 5.69 Å². The summed E-state index contributed by atoms with van der Waals surface area (Å²) in [4.78, 5) is 0. The number of hydrogen-bond acceptors (Lipinski definition) is 2. The lowest BCUT2D eigenvalue weighted by molar-refractivity contribution is 0.475. The topological polar surface area (TPSA) is 32.3 Å². The molecule has 122 valence electrons. The summed E-state index contributed by atoms with van der Waals surface area (Å²) < 4.78 is 0. The van der Waals surface area contributed by atoms with Crippen LogP contribution in [0.25, 0.3) is 0 Å². The zero-order valence-electron chi connectivity index (χ0n) is 14.0. The highest BCUT2D eigenvalue weighted by Crippen LogP contribution is 2.24. The van der Waals surface area contributed by atoms with Crippen molar-refractivity contribution in [3.05, 3.63) is 83.4 Å². The predicted octanol–water partition coefficient (Wildman–Crippen LogP) is 4.25. The summed E-state index contributed by atoms with van der Waals surface area (Å²) >= 11 is 0. The Bertz CT molecular complexity index is 830. The SMILES string of the molecule is Cc1cccc(Pc2c(C)cccc2CNc2ccccc2)c1O. The molecule has 0 aliphatic carbocycles. The van der Waals surface area contributed by atoms with Gasteiger partial charge in [0.15, 0.2) is 0 Å². The van der Waals surface area contributed by atoms with E-state index in [0.717, 1.165) is 23.1 Å². The van der Waals surface area contributed by atoms with Crippen LogP contribution in [-0.2, 0) is 6.54 Å². The molecule has 0 amide bonds. The van der Waals surface area contributed by atoms with Gasteiger partial charge in [0.1, 0.15) is 5.75 Å². The smallest absolute Gasteiger partial charge is 0.126 e. The molecule has 0 heterocycles. The number of anilines is 1. The summed E-state index contributed by atoms with van der Waals surface area (Å²) in [5.41, 5.74) is 4.59. The molecule has 24 heavy (non-hydrogen) atoms. The van der Waals surface area contributed by atoms with Gasteiger partial charge in [-0.25, -0.2) is 0 Å². The number of nitrogens with one attached hydrogen (secondary N) is 1. The van der Waals surface area contributed by atoms with Gasteiger partial charge in [0.05, 0.1) is 0 Å². The maximum atomic E-state index is 10.3. The van der Waals surface area contributed by atoms with E-state index in [0.29, 0.717) is 14.3 Å². The molecule has 1 atom stereocenters. The highest BCUT2D eigenvalue weighted by atomic mass is 31.1. The van der Waals surface area contributed by atoms with Gasteiger partial charge in [-0.1, -0.05) is 63.2 Å². The van der Waals surface area contributed by atoms with Gasteiger partial charge in [-0.2, -0.15) is 0 Å². The van der Waals surface area contributed by atoms with Gasteiger partial charge < -0.3 is 10.4 Å². The van der Waals surface area contributed by atoms with Crippen LogP contribution >= 0.6 is 8.58 Å². The van der Waals surface area contributed by atoms with Crippen LogP contribution in [0.3, 0.4) is 0 Å². The zero-order chi connectivity index (χ0) is 16.9. The maximum Gasteiger partial charge on any atom is 0.126 e. The molecule has 3 heteroatoms. The molecule has 0 aliphatic rings. The molecule has 0 fully saturated rings. The van der Waals surface area contributed by atoms with E-state index in [9.17, 15) is 5.11 Å². The number of aromatic hydroxyl groups is 1. The molecular formula is C21H22NOP. The zero-order valence-corrected chi connectivity index (χ0v) is 15.0. The standard InChI is InChI=1S/C21H22NOP/c1-15-8-7-13-19(20(15)23)24-21-16(2)9-6-10-17(21)14-22-18-11-4-3-5-12-18/h3-13,22-24H,14H2,1-2H3. The largest absolute Gasteiger partial charge is 0.507 e. The molecular weight excluding hydrogens is 313 g/mol. The summed E-state index contributed by atoms with van der Waals surface area (Å²) in [5.74, 6) is 0.418. The Kier molecular flexibility index (Phi) is 5.17. The van der Waals surface area contributed by atoms with Crippen molar-refractivity contribution >= 4 is 24.9 Å². The monoisotopic (exact) mass is 335 g/mol. The average Bonchev–Trinajstić information content (AvgIpc) is 2.60. The van der Waals surface area contributed by atoms with Gasteiger partial charge in [0.2, 0.25) is 0 Å². The first-order chi connectivity index (χ1) is 11.6. The van der Waals surface area contributed by atoms with Gasteiger partial charge in [-0.3, -0.25) is 0 Å². The molecule has 3 rings (SSSR count). The highest BCUT2D eigenvalue weighted by Gasteiger charge is 2.10. The number of benzene rings is 3. The Morgan fingerprint density at radius 1 is 0.833 bits per heavy atom. The highest BCUT2D eigenvalue weighted by molar-refractivity contribution is 7.56. The van der Waals surface area contributed by atoms with Crippen LogP contribution in [0, 0.1) is 13.8 Å². The van der Waals surface area contributed by atoms with E-state index in [-0.39, 0.29) is 0 Å². The van der Waals surface area contributed by atoms with E-state index in [1.807, 2.05) is 43.3 Å². The summed E-state index contributed by atoms with van der Waals surface area (Å²) in [6.07, 6.45) is 0. The van der Waals surface area contributed by atoms with Crippen LogP contribution in [0.5, 0.6) is 5.75 Å². The molecule has 3 aromatic rings. The van der Waals surface area contributed by atoms with Crippen LogP contribution < -0.4 is 15.9 Å². The van der Waals surface area contributed by atoms with Crippen molar-refractivity contribution < 1.29 is 5.11 Å². The van der Waals surface area contributed by atoms with Gasteiger partial charge in [-0.05, 0) is 48.0 Å². The minimum Gasteiger partial charge on any atom is -0.507 e. The van der Waals surface area contributed by atoms with E-state index < -0.39 is 0 Å². The van der Waals surface area contributed by atoms with Gasteiger partial charge in [0.25, 0.3) is 0 Å². The van der Waals surface area contributed by atoms with E-state index in [2.05, 4.69) is 42.6 Å². The van der Waals surface area contributed by atoms with Crippen molar-refractivity contribution in [1.82, 2.24) is 0 Å². The number of phenolic OH excluding ortho intramolecular Hbond substituents is 1. The van der Waals surface area contributed by atoms with Gasteiger partial charge >= 0.3 is 0 Å². The molecule has 2 nitrogen and oxygen atoms in total. The Morgan fingerprint density at radius 2 is 1.54 bits per heavy atom. The van der Waals surface area contributed by atoms with Gasteiger partial charge in [0, 0.05) is 17.5 Å². The Hall–Kier alpha value is -2.31. The van der Waals surface area contributed by atoms with Crippen molar-refractivity contribution in [2.45, 2.75) is 20.4 Å². The van der Waals surface area contributed by atoms with Crippen LogP contribution in [0.2, 0.25) is 0 Å². The molecule has 0 radical (unpaired) electrons. The van der Waals surface area contributed by atoms with Crippen molar-refractivity contribution in [1.29, 1.82) is 0 Å². The maximum absolute atomic E-state index is 10.3. The molecule has 0 aliphatic heterocycles. The fourth-order valence-electron chi connectivity index (χ4n) is 2.70. The minimum atomic E-state index is 0.418. The van der Waals surface area contributed by atoms with Crippen LogP contribution in [0.1, 0.15) is 16.7 Å². The fourth-order valence-corrected chi connectivity index (χ4v) is 4.08. The first-order valence-electron chi connectivity index (χ1n) is 8.08. The lowest BCUT2D eigenvalue weighted by Crippen LogP contribution is -2.15. The minimum absolute atomic E-state index is 0.418. The number of rotatable bonds is 5. The first-order valence-corrected chi connectivity index (χ1v) is 9.08. The van der Waals surface area contributed by atoms with Crippen LogP contribution in [-0.4, -0.2) is 5.11 Å². The van der Waals surface area contributed by atoms with Crippen molar-refractivity contribution in [2.75, 3.05) is 5.32 Å². The normalized spacial score (nSPS) is 11.1. The summed E-state index contributed by atoms with van der Waals surface area (Å²) in [6, 6.07) is 22.6. The quantitative estimate of drug-likeness (QED) is 0.683. The third kappa shape index (κ3) is 3.77. The second-order valence-electron chi connectivity index (χ2n) is 5.92. The van der Waals surface area contributed by atoms with E-state index in [1.54, 1.807) is 0 Å². The van der Waals surface area contributed by atoms with E-state index in [4.69, 9.17) is 0 Å². The summed E-state index contributed by atoms with van der Waals surface area (Å²) in [5, 5.41) is 16.1. The number of para-hydroxylation sites is 2. The molecule has 0 aromatic heterocycles. The summed E-state index contributed by atoms with van der Waals surface area (Å²) in [7, 11) is 0.447. The molecule has 3 aromatic carbocycles. The summed E-state index contributed by atoms with van der Waals surface area (Å²) in [6.45, 7) is 4.86. The lowest BCUT2D eigenvalue weighted by atomic mass is 10.1. The average molecular weight is 335 g/mol. The van der Waals surface area contributed by atoms with E-state index in [1.165, 1.54) is 16.4 Å². The first kappa shape index (κ1) is 16.5. The Labute approximate surface area is 145 Å². The lowest BCUT2D eigenvalue weighted by Gasteiger charge is -2.15. The van der Waals surface area contributed by atoms with Crippen molar-refractivity contribution in [2.24, 2.45) is 0 Å².